The van der Waals surface area contributed by atoms with E-state index in [4.69, 9.17) is 46.0 Å². The van der Waals surface area contributed by atoms with Gasteiger partial charge in [-0.3, -0.25) is 0 Å². The first-order valence-electron chi connectivity index (χ1n) is 1.64. The summed E-state index contributed by atoms with van der Waals surface area (Å²) in [5.74, 6) is 0. The molecule has 0 N–H and O–H groups in total. The first-order chi connectivity index (χ1) is 5.20. The molecule has 0 fully saturated rings. The summed E-state index contributed by atoms with van der Waals surface area (Å²) in [6.45, 7) is 0. The third-order valence-electron chi connectivity index (χ3n) is 0. The van der Waals surface area contributed by atoms with Crippen LogP contribution in [-0.4, -0.2) is 60.7 Å². The summed E-state index contributed by atoms with van der Waals surface area (Å²) in [4.78, 5) is 24.8. The zero-order valence-corrected chi connectivity index (χ0v) is 13.3. The van der Waals surface area contributed by atoms with E-state index in [-0.39, 0.29) is 96.9 Å². The number of rotatable bonds is 0. The Bertz CT molecular complexity index is 118. The van der Waals surface area contributed by atoms with Gasteiger partial charge in [0.05, 0.1) is 15.3 Å². The van der Waals surface area contributed by atoms with E-state index in [0.29, 0.717) is 0 Å². The zero-order valence-electron chi connectivity index (χ0n) is 6.72. The summed E-state index contributed by atoms with van der Waals surface area (Å²) in [5.41, 5.74) is 0. The van der Waals surface area contributed by atoms with Crippen LogP contribution >= 0.6 is 0 Å². The van der Waals surface area contributed by atoms with Gasteiger partial charge in [-0.25, -0.2) is 0 Å². The van der Waals surface area contributed by atoms with Crippen LogP contribution in [0.4, 0.5) is 0 Å². The van der Waals surface area contributed by atoms with Crippen molar-refractivity contribution in [2.45, 2.75) is 0 Å². The predicted octanol–water partition coefficient (Wildman–Crippen LogP) is -4.09. The molecular formula is KN3O9Sr. The van der Waals surface area contributed by atoms with Gasteiger partial charge in [-0.05, 0) is 0 Å². The van der Waals surface area contributed by atoms with Crippen LogP contribution in [0.3, 0.4) is 0 Å². The van der Waals surface area contributed by atoms with Gasteiger partial charge in [0.25, 0.3) is 0 Å². The Morgan fingerprint density at radius 2 is 0.571 bits per heavy atom. The summed E-state index contributed by atoms with van der Waals surface area (Å²) < 4.78 is 0. The second kappa shape index (κ2) is 23.5. The molecule has 0 unspecified atom stereocenters. The topological polar surface area (TPSA) is 199 Å². The molecule has 0 aromatic rings. The monoisotopic (exact) mass is 313 g/mol. The van der Waals surface area contributed by atoms with Crippen LogP contribution in [0.5, 0.6) is 0 Å². The summed E-state index contributed by atoms with van der Waals surface area (Å²) >= 11 is 0. The van der Waals surface area contributed by atoms with E-state index in [1.165, 1.54) is 0 Å². The number of hydrogen-bond acceptors (Lipinski definition) is 9. The maximum atomic E-state index is 8.25. The molecule has 0 saturated heterocycles. The smallest absolute Gasteiger partial charge is 0.356 e. The molecule has 14 heteroatoms. The molecule has 0 heterocycles. The van der Waals surface area contributed by atoms with Gasteiger partial charge in [0, 0.05) is 0 Å². The van der Waals surface area contributed by atoms with Crippen molar-refractivity contribution in [1.82, 2.24) is 0 Å². The van der Waals surface area contributed by atoms with E-state index >= 15 is 0 Å². The fraction of sp³-hybridized carbons (Fsp3) is 0. The van der Waals surface area contributed by atoms with Gasteiger partial charge in [-0.1, -0.05) is 0 Å². The first-order valence-corrected chi connectivity index (χ1v) is 1.64. The van der Waals surface area contributed by atoms with Crippen molar-refractivity contribution < 1.29 is 66.6 Å². The summed E-state index contributed by atoms with van der Waals surface area (Å²) in [6, 6.07) is 0. The average Bonchev–Trinajstić information content (AvgIpc) is 1.54. The van der Waals surface area contributed by atoms with Gasteiger partial charge in [-0.15, -0.1) is 0 Å². The average molecular weight is 313 g/mol. The summed E-state index contributed by atoms with van der Waals surface area (Å²) in [6.07, 6.45) is 0. The predicted molar refractivity (Wildman–Crippen MR) is 36.8 cm³/mol. The molecule has 0 aliphatic rings. The summed E-state index contributed by atoms with van der Waals surface area (Å²) in [5, 5.41) is 44.2. The van der Waals surface area contributed by atoms with Gasteiger partial charge >= 0.3 is 96.9 Å². The Balaban J connectivity index is -0.0000000270. The molecule has 0 aromatic carbocycles. The van der Waals surface area contributed by atoms with E-state index < -0.39 is 15.3 Å². The Hall–Kier alpha value is 0.717. The quantitative estimate of drug-likeness (QED) is 0.242. The van der Waals surface area contributed by atoms with Gasteiger partial charge < -0.3 is 46.0 Å². The molecule has 12 nitrogen and oxygen atoms in total. The largest absolute Gasteiger partial charge is 2.00 e. The molecule has 0 atom stereocenters. The van der Waals surface area contributed by atoms with Crippen molar-refractivity contribution >= 4 is 45.5 Å². The van der Waals surface area contributed by atoms with Crippen LogP contribution in [0, 0.1) is 46.0 Å². The fourth-order valence-electron chi connectivity index (χ4n) is 0. The van der Waals surface area contributed by atoms with Crippen molar-refractivity contribution in [1.29, 1.82) is 0 Å². The molecule has 0 aliphatic heterocycles. The fourth-order valence-corrected chi connectivity index (χ4v) is 0. The maximum absolute atomic E-state index is 8.25. The third kappa shape index (κ3) is 3400. The molecule has 0 rings (SSSR count). The van der Waals surface area contributed by atoms with Crippen LogP contribution in [-0.2, 0) is 0 Å². The zero-order chi connectivity index (χ0) is 10.7. The van der Waals surface area contributed by atoms with Crippen LogP contribution in [0.2, 0.25) is 0 Å². The third-order valence-corrected chi connectivity index (χ3v) is 0. The minimum absolute atomic E-state index is 0. The van der Waals surface area contributed by atoms with E-state index in [2.05, 4.69) is 0 Å². The molecule has 0 radical (unpaired) electrons. The molecule has 0 aliphatic carbocycles. The van der Waals surface area contributed by atoms with Gasteiger partial charge in [0.15, 0.2) is 0 Å². The van der Waals surface area contributed by atoms with Crippen LogP contribution in [0.1, 0.15) is 0 Å². The van der Waals surface area contributed by atoms with Crippen molar-refractivity contribution in [3.05, 3.63) is 46.0 Å². The second-order valence-corrected chi connectivity index (χ2v) is 0.671. The normalized spacial score (nSPS) is 5.14. The Morgan fingerprint density at radius 3 is 0.571 bits per heavy atom. The summed E-state index contributed by atoms with van der Waals surface area (Å²) in [7, 11) is 0. The Labute approximate surface area is 155 Å². The van der Waals surface area contributed by atoms with E-state index in [1.807, 2.05) is 0 Å². The van der Waals surface area contributed by atoms with E-state index in [1.54, 1.807) is 0 Å². The maximum Gasteiger partial charge on any atom is 2.00 e. The molecule has 72 valence electrons. The molecule has 0 saturated carbocycles. The molecule has 0 aromatic heterocycles. The standard InChI is InChI=1S/K.3NO3.Sr/c;3*2-1(3)4;/q+1;3*-1;+2. The minimum Gasteiger partial charge on any atom is -0.356 e. The van der Waals surface area contributed by atoms with Crippen molar-refractivity contribution in [3.63, 3.8) is 0 Å². The Morgan fingerprint density at radius 1 is 0.571 bits per heavy atom. The molecule has 14 heavy (non-hydrogen) atoms. The van der Waals surface area contributed by atoms with Gasteiger partial charge in [0.2, 0.25) is 0 Å². The molecule has 0 bridgehead atoms. The van der Waals surface area contributed by atoms with E-state index in [9.17, 15) is 0 Å². The number of nitrogens with zero attached hydrogens (tertiary/aromatic N) is 3. The first kappa shape index (κ1) is 29.3. The van der Waals surface area contributed by atoms with Gasteiger partial charge in [-0.2, -0.15) is 0 Å². The van der Waals surface area contributed by atoms with Crippen molar-refractivity contribution in [2.24, 2.45) is 0 Å². The second-order valence-electron chi connectivity index (χ2n) is 0.671. The van der Waals surface area contributed by atoms with Gasteiger partial charge in [0.1, 0.15) is 0 Å². The SMILES string of the molecule is O=[N+]([O-])[O-].O=[N+]([O-])[O-].O=[N+]([O-])[O-].[K+].[Sr+2]. The Kier molecular flexibility index (Phi) is 49.2. The number of hydrogen-bond donors (Lipinski definition) is 0. The van der Waals surface area contributed by atoms with Crippen molar-refractivity contribution in [2.75, 3.05) is 0 Å². The van der Waals surface area contributed by atoms with E-state index in [0.717, 1.165) is 0 Å². The van der Waals surface area contributed by atoms with Crippen LogP contribution in [0.15, 0.2) is 0 Å². The van der Waals surface area contributed by atoms with Crippen molar-refractivity contribution in [3.8, 4) is 0 Å². The van der Waals surface area contributed by atoms with Crippen LogP contribution in [0.25, 0.3) is 0 Å². The molecule has 0 amide bonds. The molecular weight excluding hydrogens is 313 g/mol. The van der Waals surface area contributed by atoms with Crippen LogP contribution < -0.4 is 51.4 Å². The minimum atomic E-state index is -1.75. The molecule has 0 spiro atoms.